The molecule has 86 valence electrons. The normalized spacial score (nSPS) is 11.8. The van der Waals surface area contributed by atoms with Crippen molar-refractivity contribution in [3.63, 3.8) is 0 Å². The number of benzene rings is 1. The zero-order valence-corrected chi connectivity index (χ0v) is 9.71. The summed E-state index contributed by atoms with van der Waals surface area (Å²) in [5.74, 6) is 0.565. The van der Waals surface area contributed by atoms with E-state index in [4.69, 9.17) is 9.29 Å². The second-order valence-electron chi connectivity index (χ2n) is 4.16. The first-order valence-electron chi connectivity index (χ1n) is 4.45. The SMILES string of the molecule is CC(C)(C)Oc1ccc(S(=O)(=O)O)cc1.[NaH]. The summed E-state index contributed by atoms with van der Waals surface area (Å²) in [5, 5.41) is 0. The predicted molar refractivity (Wildman–Crippen MR) is 63.8 cm³/mol. The molecule has 0 heterocycles. The zero-order chi connectivity index (χ0) is 11.7. The van der Waals surface area contributed by atoms with Gasteiger partial charge in [-0.1, -0.05) is 0 Å². The van der Waals surface area contributed by atoms with E-state index in [-0.39, 0.29) is 40.1 Å². The van der Waals surface area contributed by atoms with Gasteiger partial charge in [0.15, 0.2) is 0 Å². The van der Waals surface area contributed by atoms with E-state index in [0.29, 0.717) is 5.75 Å². The summed E-state index contributed by atoms with van der Waals surface area (Å²) >= 11 is 0. The molecular weight excluding hydrogens is 239 g/mol. The van der Waals surface area contributed by atoms with Gasteiger partial charge >= 0.3 is 29.6 Å². The van der Waals surface area contributed by atoms with Gasteiger partial charge in [0.1, 0.15) is 11.4 Å². The van der Waals surface area contributed by atoms with Crippen molar-refractivity contribution >= 4 is 39.7 Å². The van der Waals surface area contributed by atoms with Crippen LogP contribution in [0.15, 0.2) is 29.2 Å². The van der Waals surface area contributed by atoms with E-state index in [9.17, 15) is 8.42 Å². The Labute approximate surface area is 118 Å². The van der Waals surface area contributed by atoms with Crippen LogP contribution in [-0.4, -0.2) is 48.1 Å². The molecule has 16 heavy (non-hydrogen) atoms. The maximum absolute atomic E-state index is 10.7. The molecule has 1 N–H and O–H groups in total. The number of hydrogen-bond donors (Lipinski definition) is 1. The van der Waals surface area contributed by atoms with Crippen LogP contribution in [0.4, 0.5) is 0 Å². The molecule has 4 nitrogen and oxygen atoms in total. The molecule has 0 bridgehead atoms. The fraction of sp³-hybridized carbons (Fsp3) is 0.400. The zero-order valence-electron chi connectivity index (χ0n) is 8.89. The van der Waals surface area contributed by atoms with E-state index in [1.54, 1.807) is 0 Å². The van der Waals surface area contributed by atoms with Crippen molar-refractivity contribution in [2.75, 3.05) is 0 Å². The summed E-state index contributed by atoms with van der Waals surface area (Å²) in [4.78, 5) is -0.135. The Morgan fingerprint density at radius 1 is 1.12 bits per heavy atom. The van der Waals surface area contributed by atoms with E-state index < -0.39 is 10.1 Å². The number of ether oxygens (including phenoxy) is 1. The van der Waals surface area contributed by atoms with Gasteiger partial charge in [-0.15, -0.1) is 0 Å². The third kappa shape index (κ3) is 5.32. The van der Waals surface area contributed by atoms with E-state index in [2.05, 4.69) is 0 Å². The molecule has 6 heteroatoms. The van der Waals surface area contributed by atoms with E-state index in [1.165, 1.54) is 24.3 Å². The van der Waals surface area contributed by atoms with Crippen LogP contribution in [0.1, 0.15) is 20.8 Å². The van der Waals surface area contributed by atoms with Gasteiger partial charge in [0, 0.05) is 0 Å². The van der Waals surface area contributed by atoms with Crippen molar-refractivity contribution in [3.05, 3.63) is 24.3 Å². The average Bonchev–Trinajstić information content (AvgIpc) is 2.00. The molecule has 0 aliphatic carbocycles. The molecule has 1 aromatic carbocycles. The quantitative estimate of drug-likeness (QED) is 0.641. The molecule has 0 atom stereocenters. The third-order valence-electron chi connectivity index (χ3n) is 1.55. The summed E-state index contributed by atoms with van der Waals surface area (Å²) < 4.78 is 35.7. The number of rotatable bonds is 2. The molecule has 0 saturated carbocycles. The monoisotopic (exact) mass is 254 g/mol. The van der Waals surface area contributed by atoms with Crippen molar-refractivity contribution in [2.24, 2.45) is 0 Å². The van der Waals surface area contributed by atoms with Crippen molar-refractivity contribution in [1.29, 1.82) is 0 Å². The van der Waals surface area contributed by atoms with Crippen LogP contribution in [0, 0.1) is 0 Å². The van der Waals surface area contributed by atoms with Gasteiger partial charge in [0.25, 0.3) is 10.1 Å². The van der Waals surface area contributed by atoms with Crippen molar-refractivity contribution in [2.45, 2.75) is 31.3 Å². The summed E-state index contributed by atoms with van der Waals surface area (Å²) in [7, 11) is -4.12. The Bertz CT molecular complexity index is 431. The molecule has 0 aliphatic heterocycles. The first kappa shape index (κ1) is 15.9. The predicted octanol–water partition coefficient (Wildman–Crippen LogP) is 1.46. The number of hydrogen-bond acceptors (Lipinski definition) is 3. The van der Waals surface area contributed by atoms with E-state index in [1.807, 2.05) is 20.8 Å². The summed E-state index contributed by atoms with van der Waals surface area (Å²) in [6.07, 6.45) is 0. The second-order valence-corrected chi connectivity index (χ2v) is 5.58. The molecular formula is C10H15NaO4S. The van der Waals surface area contributed by atoms with Crippen molar-refractivity contribution < 1.29 is 17.7 Å². The fourth-order valence-corrected chi connectivity index (χ4v) is 1.51. The molecule has 0 aliphatic rings. The van der Waals surface area contributed by atoms with E-state index >= 15 is 0 Å². The summed E-state index contributed by atoms with van der Waals surface area (Å²) in [6.45, 7) is 5.68. The van der Waals surface area contributed by atoms with E-state index in [0.717, 1.165) is 0 Å². The Morgan fingerprint density at radius 2 is 1.56 bits per heavy atom. The molecule has 0 amide bonds. The molecule has 0 saturated heterocycles. The minimum absolute atomic E-state index is 0. The van der Waals surface area contributed by atoms with Crippen molar-refractivity contribution in [3.8, 4) is 5.75 Å². The van der Waals surface area contributed by atoms with Gasteiger partial charge in [0.05, 0.1) is 4.90 Å². The molecule has 1 aromatic rings. The van der Waals surface area contributed by atoms with Gasteiger partial charge in [-0.05, 0) is 45.0 Å². The minimum atomic E-state index is -4.12. The topological polar surface area (TPSA) is 63.6 Å². The Kier molecular flexibility index (Phi) is 5.49. The Morgan fingerprint density at radius 3 is 1.88 bits per heavy atom. The Hall–Kier alpha value is -0.0700. The van der Waals surface area contributed by atoms with Crippen molar-refractivity contribution in [1.82, 2.24) is 0 Å². The summed E-state index contributed by atoms with van der Waals surface area (Å²) in [5.41, 5.74) is -0.334. The first-order chi connectivity index (χ1) is 6.68. The van der Waals surface area contributed by atoms with Gasteiger partial charge in [-0.25, -0.2) is 0 Å². The van der Waals surface area contributed by atoms with Gasteiger partial charge < -0.3 is 4.74 Å². The molecule has 1 rings (SSSR count). The molecule has 0 spiro atoms. The van der Waals surface area contributed by atoms with Crippen LogP contribution in [0.2, 0.25) is 0 Å². The molecule has 0 unspecified atom stereocenters. The molecule has 0 fully saturated rings. The summed E-state index contributed by atoms with van der Waals surface area (Å²) in [6, 6.07) is 5.62. The van der Waals surface area contributed by atoms with Crippen LogP contribution < -0.4 is 4.74 Å². The molecule has 0 radical (unpaired) electrons. The van der Waals surface area contributed by atoms with Crippen LogP contribution >= 0.6 is 0 Å². The first-order valence-corrected chi connectivity index (χ1v) is 5.89. The maximum atomic E-state index is 10.7. The van der Waals surface area contributed by atoms with Gasteiger partial charge in [-0.3, -0.25) is 4.55 Å². The van der Waals surface area contributed by atoms with Crippen LogP contribution in [0.5, 0.6) is 5.75 Å². The average molecular weight is 254 g/mol. The Balaban J connectivity index is 0.00000225. The van der Waals surface area contributed by atoms with Crippen LogP contribution in [-0.2, 0) is 10.1 Å². The van der Waals surface area contributed by atoms with Gasteiger partial charge in [-0.2, -0.15) is 8.42 Å². The fourth-order valence-electron chi connectivity index (χ4n) is 1.03. The second kappa shape index (κ2) is 5.51. The van der Waals surface area contributed by atoms with Crippen LogP contribution in [0.3, 0.4) is 0 Å². The third-order valence-corrected chi connectivity index (χ3v) is 2.41. The molecule has 0 aromatic heterocycles. The van der Waals surface area contributed by atoms with Gasteiger partial charge in [0.2, 0.25) is 0 Å². The standard InChI is InChI=1S/C10H14O4S.Na.H/c1-10(2,3)14-8-4-6-9(7-5-8)15(11,12)13;;/h4-7H,1-3H3,(H,11,12,13);;. The van der Waals surface area contributed by atoms with Crippen LogP contribution in [0.25, 0.3) is 0 Å².